The van der Waals surface area contributed by atoms with E-state index in [2.05, 4.69) is 44.3 Å². The van der Waals surface area contributed by atoms with Gasteiger partial charge in [-0.15, -0.1) is 0 Å². The van der Waals surface area contributed by atoms with Gasteiger partial charge in [0.05, 0.1) is 33.8 Å². The third kappa shape index (κ3) is 43.5. The smallest absolute Gasteiger partial charge is 0.456 e. The van der Waals surface area contributed by atoms with Crippen LogP contribution in [0.3, 0.4) is 0 Å². The number of likely N-dealkylation sites (N-methyl/N-ethyl adjacent to an activating group) is 1. The van der Waals surface area contributed by atoms with Crippen molar-refractivity contribution in [1.29, 1.82) is 0 Å². The monoisotopic (exact) mass is 896 g/mol. The number of amides is 1. The highest BCUT2D eigenvalue weighted by Gasteiger charge is 2.30. The number of hydrogen-bond acceptors (Lipinski definition) is 6. The van der Waals surface area contributed by atoms with Crippen LogP contribution in [0, 0.1) is 0 Å². The second-order valence-corrected chi connectivity index (χ2v) is 20.2. The van der Waals surface area contributed by atoms with E-state index < -0.39 is 25.9 Å². The summed E-state index contributed by atoms with van der Waals surface area (Å²) in [5.74, 6) is -0.581. The van der Waals surface area contributed by atoms with Gasteiger partial charge in [0.15, 0.2) is 0 Å². The van der Waals surface area contributed by atoms with E-state index in [1.165, 1.54) is 141 Å². The molecule has 0 saturated heterocycles. The maximum absolute atomic E-state index is 13.4. The zero-order valence-corrected chi connectivity index (χ0v) is 42.3. The van der Waals surface area contributed by atoms with Gasteiger partial charge in [-0.1, -0.05) is 205 Å². The summed E-state index contributed by atoms with van der Waals surface area (Å²) in [6.07, 6.45) is 48.6. The van der Waals surface area contributed by atoms with Gasteiger partial charge in [0, 0.05) is 12.8 Å². The molecule has 0 aliphatic carbocycles. The number of phosphoric ester groups is 1. The molecule has 0 radical (unpaired) electrons. The summed E-state index contributed by atoms with van der Waals surface area (Å²) >= 11 is 0. The van der Waals surface area contributed by atoms with Crippen LogP contribution in [-0.4, -0.2) is 74.3 Å². The Bertz CT molecular complexity index is 1170. The first-order valence-corrected chi connectivity index (χ1v) is 27.3. The number of unbranched alkanes of at least 4 members (excludes halogenated alkanes) is 26. The van der Waals surface area contributed by atoms with E-state index in [1.807, 2.05) is 39.4 Å². The molecule has 0 bridgehead atoms. The third-order valence-corrected chi connectivity index (χ3v) is 12.3. The van der Waals surface area contributed by atoms with Crippen LogP contribution in [0.4, 0.5) is 0 Å². The minimum absolute atomic E-state index is 0.0345. The van der Waals surface area contributed by atoms with Crippen LogP contribution in [0.15, 0.2) is 36.5 Å². The zero-order valence-electron chi connectivity index (χ0n) is 41.4. The summed E-state index contributed by atoms with van der Waals surface area (Å²) in [6.45, 7) is 6.95. The van der Waals surface area contributed by atoms with Gasteiger partial charge in [-0.2, -0.15) is 0 Å². The number of allylic oxidation sites excluding steroid dienone is 5. The van der Waals surface area contributed by atoms with E-state index in [0.29, 0.717) is 23.9 Å². The second-order valence-electron chi connectivity index (χ2n) is 18.7. The van der Waals surface area contributed by atoms with Gasteiger partial charge >= 0.3 is 13.8 Å². The number of carbonyl (C=O) groups excluding carboxylic acids is 2. The summed E-state index contributed by atoms with van der Waals surface area (Å²) in [5, 5.41) is 3.02. The number of carbonyl (C=O) groups is 2. The minimum Gasteiger partial charge on any atom is -0.456 e. The molecule has 9 nitrogen and oxygen atoms in total. The van der Waals surface area contributed by atoms with Crippen LogP contribution in [0.1, 0.15) is 233 Å². The molecule has 10 heteroatoms. The lowest BCUT2D eigenvalue weighted by Crippen LogP contribution is -2.47. The summed E-state index contributed by atoms with van der Waals surface area (Å²) in [5.41, 5.74) is 0. The third-order valence-electron chi connectivity index (χ3n) is 11.3. The van der Waals surface area contributed by atoms with E-state index in [9.17, 15) is 19.0 Å². The van der Waals surface area contributed by atoms with Crippen molar-refractivity contribution in [3.63, 3.8) is 0 Å². The molecular formula is C52H100N2O7P+. The van der Waals surface area contributed by atoms with Crippen LogP contribution in [0.5, 0.6) is 0 Å². The van der Waals surface area contributed by atoms with Crippen LogP contribution < -0.4 is 5.32 Å². The number of nitrogens with zero attached hydrogens (tertiary/aromatic N) is 1. The largest absolute Gasteiger partial charge is 0.472 e. The number of esters is 1. The molecular weight excluding hydrogens is 796 g/mol. The normalized spacial score (nSPS) is 14.2. The van der Waals surface area contributed by atoms with E-state index >= 15 is 0 Å². The number of phosphoric acid groups is 1. The molecule has 0 aliphatic rings. The Morgan fingerprint density at radius 3 is 1.48 bits per heavy atom. The van der Waals surface area contributed by atoms with Gasteiger partial charge < -0.3 is 19.4 Å². The van der Waals surface area contributed by atoms with Gasteiger partial charge in [0.25, 0.3) is 0 Å². The van der Waals surface area contributed by atoms with Crippen molar-refractivity contribution >= 4 is 19.7 Å². The van der Waals surface area contributed by atoms with Gasteiger partial charge in [0.1, 0.15) is 19.3 Å². The van der Waals surface area contributed by atoms with Gasteiger partial charge in [-0.05, 0) is 51.0 Å². The van der Waals surface area contributed by atoms with Crippen molar-refractivity contribution in [1.82, 2.24) is 5.32 Å². The number of rotatable bonds is 46. The second kappa shape index (κ2) is 43.1. The number of hydrogen-bond donors (Lipinski definition) is 2. The first kappa shape index (κ1) is 60.2. The van der Waals surface area contributed by atoms with Gasteiger partial charge in [-0.3, -0.25) is 18.6 Å². The molecule has 0 heterocycles. The molecule has 3 atom stereocenters. The van der Waals surface area contributed by atoms with Crippen molar-refractivity contribution < 1.29 is 37.3 Å². The van der Waals surface area contributed by atoms with Gasteiger partial charge in [0.2, 0.25) is 5.91 Å². The Morgan fingerprint density at radius 2 is 1.00 bits per heavy atom. The summed E-state index contributed by atoms with van der Waals surface area (Å²) in [7, 11) is 1.47. The van der Waals surface area contributed by atoms with Crippen molar-refractivity contribution in [2.24, 2.45) is 0 Å². The highest BCUT2D eigenvalue weighted by molar-refractivity contribution is 7.47. The molecule has 0 aliphatic heterocycles. The SMILES string of the molecule is CCCCCCCC/C=C\C/C=C/CCC(=O)OC(/C=C/CCCCCCCCCCCC)C(COP(=O)(O)OCC[N+](C)(C)C)NC(=O)CCCCCCCCCCCCC. The summed E-state index contributed by atoms with van der Waals surface area (Å²) in [4.78, 5) is 37.3. The average molecular weight is 896 g/mol. The zero-order chi connectivity index (χ0) is 45.8. The van der Waals surface area contributed by atoms with Crippen LogP contribution in [0.2, 0.25) is 0 Å². The molecule has 0 aromatic carbocycles. The first-order valence-electron chi connectivity index (χ1n) is 25.8. The Labute approximate surface area is 383 Å². The lowest BCUT2D eigenvalue weighted by Gasteiger charge is -2.27. The van der Waals surface area contributed by atoms with E-state index in [-0.39, 0.29) is 25.5 Å². The van der Waals surface area contributed by atoms with Crippen molar-refractivity contribution in [2.75, 3.05) is 40.9 Å². The molecule has 0 saturated carbocycles. The highest BCUT2D eigenvalue weighted by Crippen LogP contribution is 2.43. The van der Waals surface area contributed by atoms with E-state index in [4.69, 9.17) is 13.8 Å². The Balaban J connectivity index is 5.52. The lowest BCUT2D eigenvalue weighted by molar-refractivity contribution is -0.870. The molecule has 0 spiro atoms. The molecule has 0 aromatic rings. The molecule has 364 valence electrons. The molecule has 0 aromatic heterocycles. The lowest BCUT2D eigenvalue weighted by atomic mass is 10.0. The predicted octanol–water partition coefficient (Wildman–Crippen LogP) is 14.8. The fourth-order valence-corrected chi connectivity index (χ4v) is 8.02. The van der Waals surface area contributed by atoms with Gasteiger partial charge in [-0.25, -0.2) is 4.57 Å². The maximum atomic E-state index is 13.4. The quantitative estimate of drug-likeness (QED) is 0.0206. The summed E-state index contributed by atoms with van der Waals surface area (Å²) < 4.78 is 30.4. The Kier molecular flexibility index (Phi) is 41.9. The molecule has 1 amide bonds. The highest BCUT2D eigenvalue weighted by atomic mass is 31.2. The molecule has 3 unspecified atom stereocenters. The Morgan fingerprint density at radius 1 is 0.565 bits per heavy atom. The fourth-order valence-electron chi connectivity index (χ4n) is 7.29. The van der Waals surface area contributed by atoms with Crippen molar-refractivity contribution in [3.05, 3.63) is 36.5 Å². The van der Waals surface area contributed by atoms with Crippen molar-refractivity contribution in [3.8, 4) is 0 Å². The van der Waals surface area contributed by atoms with E-state index in [0.717, 1.165) is 51.4 Å². The van der Waals surface area contributed by atoms with Crippen LogP contribution in [0.25, 0.3) is 0 Å². The summed E-state index contributed by atoms with van der Waals surface area (Å²) in [6, 6.07) is -0.863. The molecule has 2 N–H and O–H groups in total. The molecule has 0 rings (SSSR count). The molecule has 62 heavy (non-hydrogen) atoms. The number of nitrogens with one attached hydrogen (secondary N) is 1. The molecule has 0 fully saturated rings. The first-order chi connectivity index (χ1) is 29.9. The number of quaternary nitrogens is 1. The average Bonchev–Trinajstić information content (AvgIpc) is 3.22. The van der Waals surface area contributed by atoms with Crippen molar-refractivity contribution in [2.45, 2.75) is 245 Å². The number of ether oxygens (including phenoxy) is 1. The standard InChI is InChI=1S/C52H99N2O7P/c1-7-10-13-16-19-22-25-27-30-33-36-39-42-45-52(56)61-50(43-40-37-34-31-29-26-23-20-17-14-11-8-2)49(48-60-62(57,58)59-47-46-54(4,5)6)53-51(55)44-41-38-35-32-28-24-21-18-15-12-9-3/h27,30,36,39-40,43,49-50H,7-26,28-29,31-35,37-38,41-42,44-48H2,1-6H3,(H-,53,55,57,58)/p+1/b30-27-,39-36+,43-40+. The van der Waals surface area contributed by atoms with E-state index in [1.54, 1.807) is 0 Å². The van der Waals surface area contributed by atoms with Crippen LogP contribution in [-0.2, 0) is 27.9 Å². The minimum atomic E-state index is -4.44. The topological polar surface area (TPSA) is 111 Å². The fraction of sp³-hybridized carbons (Fsp3) is 0.846. The predicted molar refractivity (Wildman–Crippen MR) is 263 cm³/mol. The Hall–Kier alpha value is -1.77. The maximum Gasteiger partial charge on any atom is 0.472 e. The van der Waals surface area contributed by atoms with Crippen LogP contribution >= 0.6 is 7.82 Å².